The van der Waals surface area contributed by atoms with Crippen LogP contribution in [0.25, 0.3) is 10.8 Å². The average Bonchev–Trinajstić information content (AvgIpc) is 2.37. The summed E-state index contributed by atoms with van der Waals surface area (Å²) in [7, 11) is 0. The molecule has 2 nitrogen and oxygen atoms in total. The minimum atomic E-state index is -0.257. The first-order chi connectivity index (χ1) is 8.61. The van der Waals surface area contributed by atoms with E-state index in [1.54, 1.807) is 0 Å². The Balaban J connectivity index is 2.41. The molecule has 0 unspecified atom stereocenters. The van der Waals surface area contributed by atoms with Crippen LogP contribution < -0.4 is 0 Å². The molecular formula is C16H18O2. The highest BCUT2D eigenvalue weighted by Gasteiger charge is 2.07. The maximum Gasteiger partial charge on any atom is 0.338 e. The number of esters is 1. The molecule has 0 atom stereocenters. The molecule has 0 aliphatic carbocycles. The first kappa shape index (κ1) is 12.6. The van der Waals surface area contributed by atoms with Crippen molar-refractivity contribution in [2.24, 2.45) is 0 Å². The van der Waals surface area contributed by atoms with Gasteiger partial charge in [-0.05, 0) is 41.3 Å². The average molecular weight is 242 g/mol. The summed E-state index contributed by atoms with van der Waals surface area (Å²) in [5.41, 5.74) is 1.92. The number of hydrogen-bond acceptors (Lipinski definition) is 2. The third kappa shape index (κ3) is 2.53. The standard InChI is InChI=1S/C16H18O2/c1-4-18-16(17)15-8-7-13-9-12(11(2)3)5-6-14(13)10-15/h5-11H,4H2,1-3H3. The largest absolute Gasteiger partial charge is 0.462 e. The van der Waals surface area contributed by atoms with Crippen molar-refractivity contribution in [3.8, 4) is 0 Å². The van der Waals surface area contributed by atoms with Gasteiger partial charge in [-0.25, -0.2) is 4.79 Å². The second-order valence-electron chi connectivity index (χ2n) is 4.70. The number of ether oxygens (including phenoxy) is 1. The molecule has 0 aliphatic rings. The summed E-state index contributed by atoms with van der Waals surface area (Å²) in [5.74, 6) is 0.256. The van der Waals surface area contributed by atoms with E-state index in [0.29, 0.717) is 18.1 Å². The molecule has 0 bridgehead atoms. The van der Waals surface area contributed by atoms with Gasteiger partial charge in [-0.3, -0.25) is 0 Å². The van der Waals surface area contributed by atoms with Crippen molar-refractivity contribution in [1.29, 1.82) is 0 Å². The summed E-state index contributed by atoms with van der Waals surface area (Å²) in [6.45, 7) is 6.57. The second-order valence-corrected chi connectivity index (χ2v) is 4.70. The zero-order chi connectivity index (χ0) is 13.1. The second kappa shape index (κ2) is 5.21. The van der Waals surface area contributed by atoms with E-state index in [1.165, 1.54) is 5.56 Å². The molecule has 0 amide bonds. The predicted octanol–water partition coefficient (Wildman–Crippen LogP) is 4.14. The number of benzene rings is 2. The highest BCUT2D eigenvalue weighted by atomic mass is 16.5. The fraction of sp³-hybridized carbons (Fsp3) is 0.312. The molecule has 18 heavy (non-hydrogen) atoms. The molecule has 0 aromatic heterocycles. The third-order valence-electron chi connectivity index (χ3n) is 3.04. The molecular weight excluding hydrogens is 224 g/mol. The van der Waals surface area contributed by atoms with Crippen LogP contribution in [0.15, 0.2) is 36.4 Å². The Morgan fingerprint density at radius 2 is 1.78 bits per heavy atom. The van der Waals surface area contributed by atoms with E-state index in [0.717, 1.165) is 10.8 Å². The van der Waals surface area contributed by atoms with Crippen molar-refractivity contribution in [1.82, 2.24) is 0 Å². The minimum Gasteiger partial charge on any atom is -0.462 e. The Bertz CT molecular complexity index is 570. The molecule has 0 radical (unpaired) electrons. The van der Waals surface area contributed by atoms with Crippen LogP contribution in [-0.2, 0) is 4.74 Å². The first-order valence-electron chi connectivity index (χ1n) is 6.32. The Kier molecular flexibility index (Phi) is 3.66. The van der Waals surface area contributed by atoms with E-state index in [-0.39, 0.29) is 5.97 Å². The SMILES string of the molecule is CCOC(=O)c1ccc2cc(C(C)C)ccc2c1. The summed E-state index contributed by atoms with van der Waals surface area (Å²) in [6.07, 6.45) is 0. The molecule has 0 aliphatic heterocycles. The van der Waals surface area contributed by atoms with E-state index in [4.69, 9.17) is 4.74 Å². The Morgan fingerprint density at radius 3 is 2.44 bits per heavy atom. The van der Waals surface area contributed by atoms with Gasteiger partial charge in [-0.1, -0.05) is 38.1 Å². The molecule has 0 N–H and O–H groups in total. The van der Waals surface area contributed by atoms with E-state index >= 15 is 0 Å². The number of hydrogen-bond donors (Lipinski definition) is 0. The number of fused-ring (bicyclic) bond motifs is 1. The van der Waals surface area contributed by atoms with Crippen LogP contribution in [-0.4, -0.2) is 12.6 Å². The van der Waals surface area contributed by atoms with Crippen molar-refractivity contribution in [2.75, 3.05) is 6.61 Å². The van der Waals surface area contributed by atoms with Crippen LogP contribution in [0.2, 0.25) is 0 Å². The summed E-state index contributed by atoms with van der Waals surface area (Å²) < 4.78 is 5.00. The van der Waals surface area contributed by atoms with Crippen molar-refractivity contribution >= 4 is 16.7 Å². The van der Waals surface area contributed by atoms with Crippen LogP contribution in [0, 0.1) is 0 Å². The van der Waals surface area contributed by atoms with Crippen LogP contribution >= 0.6 is 0 Å². The van der Waals surface area contributed by atoms with Gasteiger partial charge in [-0.15, -0.1) is 0 Å². The number of carbonyl (C=O) groups excluding carboxylic acids is 1. The smallest absolute Gasteiger partial charge is 0.338 e. The molecule has 0 spiro atoms. The molecule has 2 aromatic rings. The lowest BCUT2D eigenvalue weighted by Gasteiger charge is -2.08. The van der Waals surface area contributed by atoms with Gasteiger partial charge < -0.3 is 4.74 Å². The zero-order valence-electron chi connectivity index (χ0n) is 11.1. The molecule has 2 heteroatoms. The van der Waals surface area contributed by atoms with Gasteiger partial charge >= 0.3 is 5.97 Å². The van der Waals surface area contributed by atoms with Crippen LogP contribution in [0.1, 0.15) is 42.6 Å². The fourth-order valence-corrected chi connectivity index (χ4v) is 1.96. The van der Waals surface area contributed by atoms with Crippen LogP contribution in [0.4, 0.5) is 0 Å². The van der Waals surface area contributed by atoms with Gasteiger partial charge in [0.25, 0.3) is 0 Å². The van der Waals surface area contributed by atoms with E-state index in [2.05, 4.69) is 32.0 Å². The first-order valence-corrected chi connectivity index (χ1v) is 6.32. The van der Waals surface area contributed by atoms with Gasteiger partial charge in [0.15, 0.2) is 0 Å². The highest BCUT2D eigenvalue weighted by Crippen LogP contribution is 2.22. The lowest BCUT2D eigenvalue weighted by atomic mass is 9.98. The Labute approximate surface area is 108 Å². The number of carbonyl (C=O) groups is 1. The van der Waals surface area contributed by atoms with Gasteiger partial charge in [-0.2, -0.15) is 0 Å². The number of rotatable bonds is 3. The quantitative estimate of drug-likeness (QED) is 0.756. The van der Waals surface area contributed by atoms with Crippen molar-refractivity contribution < 1.29 is 9.53 Å². The molecule has 0 saturated carbocycles. The molecule has 0 heterocycles. The van der Waals surface area contributed by atoms with Gasteiger partial charge in [0.05, 0.1) is 12.2 Å². The van der Waals surface area contributed by atoms with E-state index < -0.39 is 0 Å². The van der Waals surface area contributed by atoms with Crippen LogP contribution in [0.3, 0.4) is 0 Å². The third-order valence-corrected chi connectivity index (χ3v) is 3.04. The molecule has 2 aromatic carbocycles. The molecule has 0 fully saturated rings. The maximum atomic E-state index is 11.6. The summed E-state index contributed by atoms with van der Waals surface area (Å²) >= 11 is 0. The molecule has 94 valence electrons. The summed E-state index contributed by atoms with van der Waals surface area (Å²) in [6, 6.07) is 12.0. The molecule has 2 rings (SSSR count). The summed E-state index contributed by atoms with van der Waals surface area (Å²) in [4.78, 5) is 11.6. The molecule has 0 saturated heterocycles. The van der Waals surface area contributed by atoms with E-state index in [1.807, 2.05) is 25.1 Å². The maximum absolute atomic E-state index is 11.6. The highest BCUT2D eigenvalue weighted by molar-refractivity contribution is 5.95. The lowest BCUT2D eigenvalue weighted by molar-refractivity contribution is 0.0526. The lowest BCUT2D eigenvalue weighted by Crippen LogP contribution is -2.04. The monoisotopic (exact) mass is 242 g/mol. The topological polar surface area (TPSA) is 26.3 Å². The Morgan fingerprint density at radius 1 is 1.11 bits per heavy atom. The minimum absolute atomic E-state index is 0.257. The fourth-order valence-electron chi connectivity index (χ4n) is 1.96. The van der Waals surface area contributed by atoms with Gasteiger partial charge in [0.1, 0.15) is 0 Å². The normalized spacial score (nSPS) is 10.9. The summed E-state index contributed by atoms with van der Waals surface area (Å²) in [5, 5.41) is 2.24. The van der Waals surface area contributed by atoms with Crippen molar-refractivity contribution in [3.63, 3.8) is 0 Å². The van der Waals surface area contributed by atoms with E-state index in [9.17, 15) is 4.79 Å². The van der Waals surface area contributed by atoms with Crippen molar-refractivity contribution in [2.45, 2.75) is 26.7 Å². The van der Waals surface area contributed by atoms with Gasteiger partial charge in [0, 0.05) is 0 Å². The Hall–Kier alpha value is -1.83. The predicted molar refractivity (Wildman–Crippen MR) is 74.0 cm³/mol. The van der Waals surface area contributed by atoms with Crippen molar-refractivity contribution in [3.05, 3.63) is 47.5 Å². The van der Waals surface area contributed by atoms with Crippen LogP contribution in [0.5, 0.6) is 0 Å². The zero-order valence-corrected chi connectivity index (χ0v) is 11.1. The van der Waals surface area contributed by atoms with Gasteiger partial charge in [0.2, 0.25) is 0 Å².